The van der Waals surface area contributed by atoms with E-state index in [1.54, 1.807) is 11.3 Å². The largest absolute Gasteiger partial charge is 0.335 e. The highest BCUT2D eigenvalue weighted by molar-refractivity contribution is 7.99. The number of nitrogens with one attached hydrogen (secondary N) is 2. The number of thioether (sulfide) groups is 1. The Balaban J connectivity index is 1.47. The SMILES string of the molecule is CCSC1CCCC(NC(=O)NCc2nc3ccccc3s2)C1. The number of urea groups is 1. The zero-order chi connectivity index (χ0) is 16.1. The van der Waals surface area contributed by atoms with E-state index < -0.39 is 0 Å². The third kappa shape index (κ3) is 4.61. The van der Waals surface area contributed by atoms with E-state index in [1.165, 1.54) is 12.8 Å². The molecule has 0 bridgehead atoms. The average Bonchev–Trinajstić information content (AvgIpc) is 2.96. The number of amides is 2. The summed E-state index contributed by atoms with van der Waals surface area (Å²) in [5.41, 5.74) is 1.00. The Morgan fingerprint density at radius 2 is 2.26 bits per heavy atom. The van der Waals surface area contributed by atoms with E-state index in [2.05, 4.69) is 28.6 Å². The van der Waals surface area contributed by atoms with E-state index in [-0.39, 0.29) is 6.03 Å². The number of aromatic nitrogens is 1. The standard InChI is InChI=1S/C17H23N3OS2/c1-2-22-13-7-5-6-12(10-13)19-17(21)18-11-16-20-14-8-3-4-9-15(14)23-16/h3-4,8-9,12-13H,2,5-7,10-11H2,1H3,(H2,18,19,21). The first-order chi connectivity index (χ1) is 11.2. The van der Waals surface area contributed by atoms with Crippen LogP contribution in [0.25, 0.3) is 10.2 Å². The molecule has 0 aliphatic heterocycles. The number of benzene rings is 1. The lowest BCUT2D eigenvalue weighted by molar-refractivity contribution is 0.232. The third-order valence-corrected chi connectivity index (χ3v) is 6.37. The first-order valence-corrected chi connectivity index (χ1v) is 10.1. The molecule has 1 aliphatic carbocycles. The van der Waals surface area contributed by atoms with E-state index in [9.17, 15) is 4.79 Å². The minimum Gasteiger partial charge on any atom is -0.335 e. The van der Waals surface area contributed by atoms with Crippen molar-refractivity contribution in [1.82, 2.24) is 15.6 Å². The van der Waals surface area contributed by atoms with Gasteiger partial charge >= 0.3 is 6.03 Å². The van der Waals surface area contributed by atoms with Crippen molar-refractivity contribution in [3.8, 4) is 0 Å². The number of fused-ring (bicyclic) bond motifs is 1. The molecule has 1 aliphatic rings. The first-order valence-electron chi connectivity index (χ1n) is 8.25. The number of nitrogens with zero attached hydrogens (tertiary/aromatic N) is 1. The number of thiazole rings is 1. The topological polar surface area (TPSA) is 54.0 Å². The van der Waals surface area contributed by atoms with Crippen LogP contribution < -0.4 is 10.6 Å². The van der Waals surface area contributed by atoms with E-state index in [0.717, 1.165) is 33.8 Å². The van der Waals surface area contributed by atoms with Crippen molar-refractivity contribution >= 4 is 39.3 Å². The second-order valence-electron chi connectivity index (χ2n) is 5.84. The number of hydrogen-bond donors (Lipinski definition) is 2. The van der Waals surface area contributed by atoms with Crippen molar-refractivity contribution in [2.24, 2.45) is 0 Å². The molecule has 1 aromatic carbocycles. The summed E-state index contributed by atoms with van der Waals surface area (Å²) in [6, 6.07) is 8.30. The molecule has 0 saturated heterocycles. The Hall–Kier alpha value is -1.27. The predicted octanol–water partition coefficient (Wildman–Crippen LogP) is 4.16. The highest BCUT2D eigenvalue weighted by Gasteiger charge is 2.23. The fourth-order valence-electron chi connectivity index (χ4n) is 3.05. The van der Waals surface area contributed by atoms with Gasteiger partial charge in [0.15, 0.2) is 0 Å². The van der Waals surface area contributed by atoms with Crippen molar-refractivity contribution in [1.29, 1.82) is 0 Å². The maximum atomic E-state index is 12.1. The van der Waals surface area contributed by atoms with Gasteiger partial charge in [-0.25, -0.2) is 9.78 Å². The summed E-state index contributed by atoms with van der Waals surface area (Å²) in [7, 11) is 0. The quantitative estimate of drug-likeness (QED) is 0.852. The van der Waals surface area contributed by atoms with Crippen LogP contribution in [-0.2, 0) is 6.54 Å². The van der Waals surface area contributed by atoms with Crippen molar-refractivity contribution in [2.75, 3.05) is 5.75 Å². The number of para-hydroxylation sites is 1. The summed E-state index contributed by atoms with van der Waals surface area (Å²) in [4.78, 5) is 16.7. The Bertz CT molecular complexity index is 623. The van der Waals surface area contributed by atoms with Gasteiger partial charge in [-0.3, -0.25) is 0 Å². The second-order valence-corrected chi connectivity index (χ2v) is 8.54. The molecule has 1 heterocycles. The molecule has 124 valence electrons. The summed E-state index contributed by atoms with van der Waals surface area (Å²) < 4.78 is 1.16. The van der Waals surface area contributed by atoms with Gasteiger partial charge in [-0.1, -0.05) is 25.5 Å². The van der Waals surface area contributed by atoms with E-state index in [4.69, 9.17) is 0 Å². The molecule has 4 nitrogen and oxygen atoms in total. The molecule has 2 amide bonds. The van der Waals surface area contributed by atoms with Gasteiger partial charge in [0.2, 0.25) is 0 Å². The third-order valence-electron chi connectivity index (χ3n) is 4.10. The molecule has 3 rings (SSSR count). The lowest BCUT2D eigenvalue weighted by atomic mass is 9.95. The zero-order valence-corrected chi connectivity index (χ0v) is 15.0. The lowest BCUT2D eigenvalue weighted by Crippen LogP contribution is -2.44. The minimum atomic E-state index is -0.0728. The van der Waals surface area contributed by atoms with E-state index >= 15 is 0 Å². The monoisotopic (exact) mass is 349 g/mol. The molecule has 2 aromatic rings. The van der Waals surface area contributed by atoms with Crippen LogP contribution in [0.15, 0.2) is 24.3 Å². The molecule has 23 heavy (non-hydrogen) atoms. The van der Waals surface area contributed by atoms with Crippen LogP contribution in [-0.4, -0.2) is 28.1 Å². The molecule has 6 heteroatoms. The van der Waals surface area contributed by atoms with Crippen LogP contribution in [0, 0.1) is 0 Å². The molecule has 0 spiro atoms. The smallest absolute Gasteiger partial charge is 0.315 e. The molecular formula is C17H23N3OS2. The van der Waals surface area contributed by atoms with Gasteiger partial charge in [0, 0.05) is 11.3 Å². The van der Waals surface area contributed by atoms with E-state index in [0.29, 0.717) is 17.8 Å². The van der Waals surface area contributed by atoms with Gasteiger partial charge in [-0.05, 0) is 37.1 Å². The van der Waals surface area contributed by atoms with Crippen LogP contribution in [0.2, 0.25) is 0 Å². The van der Waals surface area contributed by atoms with Crippen molar-refractivity contribution in [2.45, 2.75) is 50.4 Å². The number of carbonyl (C=O) groups excluding carboxylic acids is 1. The van der Waals surface area contributed by atoms with Crippen LogP contribution >= 0.6 is 23.1 Å². The first kappa shape index (κ1) is 16.6. The summed E-state index contributed by atoms with van der Waals surface area (Å²) in [6.45, 7) is 2.69. The van der Waals surface area contributed by atoms with Gasteiger partial charge in [0.05, 0.1) is 16.8 Å². The van der Waals surface area contributed by atoms with Crippen molar-refractivity contribution in [3.05, 3.63) is 29.3 Å². The van der Waals surface area contributed by atoms with Gasteiger partial charge in [-0.2, -0.15) is 11.8 Å². The fourth-order valence-corrected chi connectivity index (χ4v) is 5.13. The predicted molar refractivity (Wildman–Crippen MR) is 99.2 cm³/mol. The van der Waals surface area contributed by atoms with Gasteiger partial charge in [-0.15, -0.1) is 11.3 Å². The van der Waals surface area contributed by atoms with Gasteiger partial charge in [0.25, 0.3) is 0 Å². The maximum absolute atomic E-state index is 12.1. The molecule has 1 fully saturated rings. The Morgan fingerprint density at radius 1 is 1.39 bits per heavy atom. The molecular weight excluding hydrogens is 326 g/mol. The summed E-state index contributed by atoms with van der Waals surface area (Å²) in [6.07, 6.45) is 4.67. The van der Waals surface area contributed by atoms with E-state index in [1.807, 2.05) is 30.0 Å². The number of carbonyl (C=O) groups is 1. The van der Waals surface area contributed by atoms with Crippen molar-refractivity contribution < 1.29 is 4.79 Å². The number of hydrogen-bond acceptors (Lipinski definition) is 4. The number of rotatable bonds is 5. The zero-order valence-electron chi connectivity index (χ0n) is 13.4. The Kier molecular flexibility index (Phi) is 5.78. The molecule has 1 aromatic heterocycles. The maximum Gasteiger partial charge on any atom is 0.315 e. The fraction of sp³-hybridized carbons (Fsp3) is 0.529. The van der Waals surface area contributed by atoms with Crippen LogP contribution in [0.3, 0.4) is 0 Å². The summed E-state index contributed by atoms with van der Waals surface area (Å²) in [5.74, 6) is 1.15. The Labute approximate surface area is 145 Å². The molecule has 1 saturated carbocycles. The molecule has 2 unspecified atom stereocenters. The highest BCUT2D eigenvalue weighted by Crippen LogP contribution is 2.28. The van der Waals surface area contributed by atoms with Crippen LogP contribution in [0.4, 0.5) is 4.79 Å². The lowest BCUT2D eigenvalue weighted by Gasteiger charge is -2.29. The summed E-state index contributed by atoms with van der Waals surface area (Å²) in [5, 5.41) is 7.72. The average molecular weight is 350 g/mol. The highest BCUT2D eigenvalue weighted by atomic mass is 32.2. The van der Waals surface area contributed by atoms with Crippen LogP contribution in [0.1, 0.15) is 37.6 Å². The normalized spacial score (nSPS) is 21.3. The summed E-state index contributed by atoms with van der Waals surface area (Å²) >= 11 is 3.65. The minimum absolute atomic E-state index is 0.0728. The molecule has 0 radical (unpaired) electrons. The Morgan fingerprint density at radius 3 is 3.09 bits per heavy atom. The second kappa shape index (κ2) is 8.02. The van der Waals surface area contributed by atoms with Gasteiger partial charge in [0.1, 0.15) is 5.01 Å². The van der Waals surface area contributed by atoms with Crippen LogP contribution in [0.5, 0.6) is 0 Å². The molecule has 2 N–H and O–H groups in total. The van der Waals surface area contributed by atoms with Crippen molar-refractivity contribution in [3.63, 3.8) is 0 Å². The molecule has 2 atom stereocenters. The van der Waals surface area contributed by atoms with Gasteiger partial charge < -0.3 is 10.6 Å².